The zero-order valence-corrected chi connectivity index (χ0v) is 31.7. The molecule has 0 atom stereocenters. The van der Waals surface area contributed by atoms with Gasteiger partial charge in [-0.1, -0.05) is 164 Å². The summed E-state index contributed by atoms with van der Waals surface area (Å²) in [5, 5.41) is 4.90. The van der Waals surface area contributed by atoms with E-state index in [1.54, 1.807) is 22.7 Å². The summed E-state index contributed by atoms with van der Waals surface area (Å²) in [5.41, 5.74) is 9.63. The molecule has 56 heavy (non-hydrogen) atoms. The predicted octanol–water partition coefficient (Wildman–Crippen LogP) is 14.6. The molecule has 0 bridgehead atoms. The second-order valence-corrected chi connectivity index (χ2v) is 16.0. The van der Waals surface area contributed by atoms with E-state index in [4.69, 9.17) is 15.0 Å². The van der Waals surface area contributed by atoms with Crippen molar-refractivity contribution in [1.82, 2.24) is 15.0 Å². The van der Waals surface area contributed by atoms with E-state index >= 15 is 0 Å². The summed E-state index contributed by atoms with van der Waals surface area (Å²) in [4.78, 5) is 16.4. The molecule has 0 fully saturated rings. The summed E-state index contributed by atoms with van der Waals surface area (Å²) >= 11 is 3.59. The molecule has 0 aliphatic carbocycles. The smallest absolute Gasteiger partial charge is 0.165 e. The SMILES string of the molecule is c1ccc(-c2ccccc2-c2cccc(-c3ccccc3)c2-c2nc(-c3cccc4c3sc3ccccc34)nc(-c3cccc4c3sc3ccccc34)n2)cc1. The van der Waals surface area contributed by atoms with Gasteiger partial charge in [-0.25, -0.2) is 15.0 Å². The van der Waals surface area contributed by atoms with Gasteiger partial charge in [-0.2, -0.15) is 0 Å². The summed E-state index contributed by atoms with van der Waals surface area (Å²) in [6.07, 6.45) is 0. The number of hydrogen-bond donors (Lipinski definition) is 0. The molecule has 3 heterocycles. The molecule has 0 unspecified atom stereocenters. The van der Waals surface area contributed by atoms with E-state index < -0.39 is 0 Å². The molecule has 0 radical (unpaired) electrons. The second kappa shape index (κ2) is 13.5. The third kappa shape index (κ3) is 5.43. The first-order valence-corrected chi connectivity index (χ1v) is 20.3. The van der Waals surface area contributed by atoms with Crippen LogP contribution in [0.3, 0.4) is 0 Å². The Labute approximate surface area is 331 Å². The van der Waals surface area contributed by atoms with Gasteiger partial charge in [0.1, 0.15) is 0 Å². The summed E-state index contributed by atoms with van der Waals surface area (Å²) < 4.78 is 4.83. The van der Waals surface area contributed by atoms with Crippen LogP contribution in [0, 0.1) is 0 Å². The lowest BCUT2D eigenvalue weighted by molar-refractivity contribution is 1.08. The molecule has 5 heteroatoms. The second-order valence-electron chi connectivity index (χ2n) is 13.9. The van der Waals surface area contributed by atoms with Crippen LogP contribution in [0.15, 0.2) is 188 Å². The fourth-order valence-electron chi connectivity index (χ4n) is 8.04. The Hall–Kier alpha value is -6.79. The van der Waals surface area contributed by atoms with E-state index in [-0.39, 0.29) is 0 Å². The lowest BCUT2D eigenvalue weighted by Crippen LogP contribution is -2.03. The number of thiophene rings is 2. The Morgan fingerprint density at radius 2 is 0.661 bits per heavy atom. The Morgan fingerprint density at radius 3 is 1.25 bits per heavy atom. The van der Waals surface area contributed by atoms with Crippen molar-refractivity contribution in [1.29, 1.82) is 0 Å². The van der Waals surface area contributed by atoms with Gasteiger partial charge in [-0.15, -0.1) is 22.7 Å². The molecule has 0 aliphatic rings. The maximum atomic E-state index is 5.51. The highest BCUT2D eigenvalue weighted by Crippen LogP contribution is 2.45. The molecule has 11 aromatic rings. The van der Waals surface area contributed by atoms with Crippen LogP contribution in [-0.2, 0) is 0 Å². The molecule has 0 saturated carbocycles. The minimum absolute atomic E-state index is 0.638. The first-order valence-electron chi connectivity index (χ1n) is 18.7. The van der Waals surface area contributed by atoms with Crippen LogP contribution in [0.5, 0.6) is 0 Å². The highest BCUT2D eigenvalue weighted by atomic mass is 32.1. The summed E-state index contributed by atoms with van der Waals surface area (Å²) in [6.45, 7) is 0. The number of nitrogens with zero attached hydrogens (tertiary/aromatic N) is 3. The third-order valence-corrected chi connectivity index (χ3v) is 13.0. The molecule has 0 N–H and O–H groups in total. The molecule has 0 spiro atoms. The van der Waals surface area contributed by atoms with Crippen molar-refractivity contribution >= 4 is 63.0 Å². The van der Waals surface area contributed by atoms with Crippen LogP contribution in [0.25, 0.3) is 108 Å². The van der Waals surface area contributed by atoms with Crippen molar-refractivity contribution in [2.24, 2.45) is 0 Å². The fourth-order valence-corrected chi connectivity index (χ4v) is 10.5. The van der Waals surface area contributed by atoms with Crippen molar-refractivity contribution in [3.05, 3.63) is 188 Å². The average molecular weight is 750 g/mol. The van der Waals surface area contributed by atoms with Crippen LogP contribution in [0.1, 0.15) is 0 Å². The normalized spacial score (nSPS) is 11.6. The van der Waals surface area contributed by atoms with Gasteiger partial charge in [-0.05, 0) is 57.6 Å². The van der Waals surface area contributed by atoms with Crippen LogP contribution in [0.4, 0.5) is 0 Å². The maximum absolute atomic E-state index is 5.51. The number of rotatable bonds is 6. The standard InChI is InChI=1S/C51H31N3S2/c1-3-16-32(17-4-1)34-20-7-8-21-36(34)39-25-13-24-35(33-18-5-2-6-19-33)46(39)51-53-49(42-28-14-26-40-37-22-9-11-30-44(37)55-47(40)42)52-50(54-51)43-29-15-27-41-38-23-10-12-31-45(38)56-48(41)43/h1-31H. The predicted molar refractivity (Wildman–Crippen MR) is 238 cm³/mol. The number of hydrogen-bond acceptors (Lipinski definition) is 5. The van der Waals surface area contributed by atoms with Crippen molar-refractivity contribution in [3.63, 3.8) is 0 Å². The van der Waals surface area contributed by atoms with Gasteiger partial charge in [0, 0.05) is 57.0 Å². The van der Waals surface area contributed by atoms with Crippen LogP contribution in [0.2, 0.25) is 0 Å². The quantitative estimate of drug-likeness (QED) is 0.170. The number of benzene rings is 8. The Kier molecular flexibility index (Phi) is 7.87. The minimum Gasteiger partial charge on any atom is -0.208 e. The molecule has 11 rings (SSSR count). The third-order valence-electron chi connectivity index (χ3n) is 10.6. The number of fused-ring (bicyclic) bond motifs is 6. The van der Waals surface area contributed by atoms with E-state index in [0.717, 1.165) is 50.1 Å². The fraction of sp³-hybridized carbons (Fsp3) is 0. The van der Waals surface area contributed by atoms with E-state index in [1.807, 2.05) is 0 Å². The van der Waals surface area contributed by atoms with E-state index in [1.165, 1.54) is 40.3 Å². The van der Waals surface area contributed by atoms with Crippen molar-refractivity contribution in [2.45, 2.75) is 0 Å². The van der Waals surface area contributed by atoms with Crippen molar-refractivity contribution < 1.29 is 0 Å². The van der Waals surface area contributed by atoms with Crippen molar-refractivity contribution in [3.8, 4) is 67.5 Å². The van der Waals surface area contributed by atoms with Crippen LogP contribution >= 0.6 is 22.7 Å². The average Bonchev–Trinajstić information content (AvgIpc) is 3.85. The molecule has 3 aromatic heterocycles. The van der Waals surface area contributed by atoms with Gasteiger partial charge in [0.05, 0.1) is 0 Å². The molecule has 8 aromatic carbocycles. The Morgan fingerprint density at radius 1 is 0.268 bits per heavy atom. The monoisotopic (exact) mass is 749 g/mol. The van der Waals surface area contributed by atoms with Gasteiger partial charge in [-0.3, -0.25) is 0 Å². The zero-order chi connectivity index (χ0) is 37.0. The maximum Gasteiger partial charge on any atom is 0.165 e. The first-order chi connectivity index (χ1) is 27.8. The summed E-state index contributed by atoms with van der Waals surface area (Å²) in [7, 11) is 0. The molecule has 262 valence electrons. The van der Waals surface area contributed by atoms with Gasteiger partial charge in [0.25, 0.3) is 0 Å². The molecule has 3 nitrogen and oxygen atoms in total. The topological polar surface area (TPSA) is 38.7 Å². The lowest BCUT2D eigenvalue weighted by Gasteiger charge is -2.18. The Bertz CT molecular complexity index is 3120. The van der Waals surface area contributed by atoms with Gasteiger partial charge < -0.3 is 0 Å². The van der Waals surface area contributed by atoms with Crippen LogP contribution < -0.4 is 0 Å². The number of aromatic nitrogens is 3. The molecule has 0 saturated heterocycles. The molecule has 0 amide bonds. The highest BCUT2D eigenvalue weighted by Gasteiger charge is 2.23. The first kappa shape index (κ1) is 32.6. The van der Waals surface area contributed by atoms with Crippen molar-refractivity contribution in [2.75, 3.05) is 0 Å². The van der Waals surface area contributed by atoms with E-state index in [0.29, 0.717) is 17.5 Å². The lowest BCUT2D eigenvalue weighted by atomic mass is 9.87. The summed E-state index contributed by atoms with van der Waals surface area (Å²) in [6, 6.07) is 66.7. The largest absolute Gasteiger partial charge is 0.208 e. The van der Waals surface area contributed by atoms with Gasteiger partial charge >= 0.3 is 0 Å². The minimum atomic E-state index is 0.638. The Balaban J connectivity index is 1.25. The van der Waals surface area contributed by atoms with Crippen LogP contribution in [-0.4, -0.2) is 15.0 Å². The van der Waals surface area contributed by atoms with E-state index in [2.05, 4.69) is 188 Å². The highest BCUT2D eigenvalue weighted by molar-refractivity contribution is 7.26. The van der Waals surface area contributed by atoms with Gasteiger partial charge in [0.2, 0.25) is 0 Å². The molecular formula is C51H31N3S2. The van der Waals surface area contributed by atoms with Gasteiger partial charge in [0.15, 0.2) is 17.5 Å². The molecule has 0 aliphatic heterocycles. The molecular weight excluding hydrogens is 719 g/mol. The zero-order valence-electron chi connectivity index (χ0n) is 30.1. The van der Waals surface area contributed by atoms with E-state index in [9.17, 15) is 0 Å². The summed E-state index contributed by atoms with van der Waals surface area (Å²) in [5.74, 6) is 1.95.